The molecule has 3 rings (SSSR count). The number of benzene rings is 1. The molecule has 1 saturated heterocycles. The minimum Gasteiger partial charge on any atom is -0.342 e. The molecular weight excluding hydrogens is 280 g/mol. The van der Waals surface area contributed by atoms with Crippen molar-refractivity contribution in [3.63, 3.8) is 0 Å². The molecule has 0 aliphatic carbocycles. The van der Waals surface area contributed by atoms with Crippen molar-refractivity contribution in [2.24, 2.45) is 0 Å². The van der Waals surface area contributed by atoms with Gasteiger partial charge in [-0.1, -0.05) is 0 Å². The van der Waals surface area contributed by atoms with E-state index in [1.165, 1.54) is 0 Å². The molecule has 0 bridgehead atoms. The number of amides is 2. The number of aryl methyl sites for hydroxylation is 2. The van der Waals surface area contributed by atoms with Gasteiger partial charge in [-0.3, -0.25) is 9.59 Å². The SMILES string of the molecule is Cc1nc2ccc(C(=O)N3CCN(C=O)CC3)cc2nc1C. The van der Waals surface area contributed by atoms with E-state index in [4.69, 9.17) is 0 Å². The predicted molar refractivity (Wildman–Crippen MR) is 82.6 cm³/mol. The Labute approximate surface area is 128 Å². The third kappa shape index (κ3) is 2.64. The Morgan fingerprint density at radius 3 is 2.32 bits per heavy atom. The number of rotatable bonds is 2. The zero-order valence-corrected chi connectivity index (χ0v) is 12.7. The lowest BCUT2D eigenvalue weighted by atomic mass is 10.1. The molecule has 2 aromatic rings. The fourth-order valence-electron chi connectivity index (χ4n) is 2.58. The summed E-state index contributed by atoms with van der Waals surface area (Å²) in [6.45, 7) is 6.13. The summed E-state index contributed by atoms with van der Waals surface area (Å²) < 4.78 is 0. The molecular formula is C16H18N4O2. The van der Waals surface area contributed by atoms with Crippen LogP contribution in [0.25, 0.3) is 11.0 Å². The molecule has 2 heterocycles. The van der Waals surface area contributed by atoms with E-state index in [0.29, 0.717) is 31.7 Å². The van der Waals surface area contributed by atoms with Gasteiger partial charge in [-0.2, -0.15) is 0 Å². The maximum Gasteiger partial charge on any atom is 0.254 e. The Balaban J connectivity index is 1.85. The Morgan fingerprint density at radius 2 is 1.68 bits per heavy atom. The van der Waals surface area contributed by atoms with E-state index in [-0.39, 0.29) is 5.91 Å². The highest BCUT2D eigenvalue weighted by molar-refractivity contribution is 5.97. The van der Waals surface area contributed by atoms with Crippen LogP contribution in [0.15, 0.2) is 18.2 Å². The molecule has 0 N–H and O–H groups in total. The molecule has 6 heteroatoms. The highest BCUT2D eigenvalue weighted by atomic mass is 16.2. The van der Waals surface area contributed by atoms with Crippen molar-refractivity contribution in [3.05, 3.63) is 35.2 Å². The Morgan fingerprint density at radius 1 is 1.05 bits per heavy atom. The van der Waals surface area contributed by atoms with E-state index in [9.17, 15) is 9.59 Å². The van der Waals surface area contributed by atoms with Crippen LogP contribution in [0.4, 0.5) is 0 Å². The van der Waals surface area contributed by atoms with Gasteiger partial charge in [0.25, 0.3) is 5.91 Å². The quantitative estimate of drug-likeness (QED) is 0.780. The zero-order chi connectivity index (χ0) is 15.7. The van der Waals surface area contributed by atoms with Gasteiger partial charge in [0.1, 0.15) is 0 Å². The molecule has 22 heavy (non-hydrogen) atoms. The molecule has 1 fully saturated rings. The number of nitrogens with zero attached hydrogens (tertiary/aromatic N) is 4. The van der Waals surface area contributed by atoms with Crippen LogP contribution in [-0.2, 0) is 4.79 Å². The molecule has 1 aromatic heterocycles. The molecule has 0 unspecified atom stereocenters. The van der Waals surface area contributed by atoms with Crippen molar-refractivity contribution < 1.29 is 9.59 Å². The Kier molecular flexibility index (Phi) is 3.75. The van der Waals surface area contributed by atoms with E-state index >= 15 is 0 Å². The molecule has 0 radical (unpaired) electrons. The lowest BCUT2D eigenvalue weighted by molar-refractivity contribution is -0.119. The van der Waals surface area contributed by atoms with E-state index in [0.717, 1.165) is 28.8 Å². The number of carbonyl (C=O) groups is 2. The standard InChI is InChI=1S/C16H18N4O2/c1-11-12(2)18-15-9-13(3-4-14(15)17-11)16(22)20-7-5-19(10-21)6-8-20/h3-4,9-10H,5-8H2,1-2H3. The van der Waals surface area contributed by atoms with E-state index in [1.807, 2.05) is 19.9 Å². The molecule has 0 saturated carbocycles. The van der Waals surface area contributed by atoms with Gasteiger partial charge in [-0.25, -0.2) is 9.97 Å². The minimum atomic E-state index is -0.0209. The van der Waals surface area contributed by atoms with Gasteiger partial charge in [-0.05, 0) is 32.0 Å². The highest BCUT2D eigenvalue weighted by Gasteiger charge is 2.21. The molecule has 6 nitrogen and oxygen atoms in total. The first-order valence-electron chi connectivity index (χ1n) is 7.32. The second-order valence-electron chi connectivity index (χ2n) is 5.53. The van der Waals surface area contributed by atoms with Crippen LogP contribution < -0.4 is 0 Å². The number of carbonyl (C=O) groups excluding carboxylic acids is 2. The van der Waals surface area contributed by atoms with E-state index in [2.05, 4.69) is 9.97 Å². The first-order valence-corrected chi connectivity index (χ1v) is 7.32. The van der Waals surface area contributed by atoms with Crippen LogP contribution in [0.3, 0.4) is 0 Å². The minimum absolute atomic E-state index is 0.0209. The van der Waals surface area contributed by atoms with Gasteiger partial charge in [0, 0.05) is 31.7 Å². The summed E-state index contributed by atoms with van der Waals surface area (Å²) in [6, 6.07) is 5.42. The summed E-state index contributed by atoms with van der Waals surface area (Å²) in [6.07, 6.45) is 0.832. The smallest absolute Gasteiger partial charge is 0.254 e. The summed E-state index contributed by atoms with van der Waals surface area (Å²) in [4.78, 5) is 35.7. The van der Waals surface area contributed by atoms with Crippen LogP contribution in [0.2, 0.25) is 0 Å². The van der Waals surface area contributed by atoms with Gasteiger partial charge in [0.2, 0.25) is 6.41 Å². The molecule has 1 aromatic carbocycles. The first-order chi connectivity index (χ1) is 10.6. The summed E-state index contributed by atoms with van der Waals surface area (Å²) in [5.74, 6) is -0.0209. The molecule has 1 aliphatic heterocycles. The Hall–Kier alpha value is -2.50. The lowest BCUT2D eigenvalue weighted by Crippen LogP contribution is -2.48. The average Bonchev–Trinajstić information content (AvgIpc) is 2.55. The highest BCUT2D eigenvalue weighted by Crippen LogP contribution is 2.16. The fraction of sp³-hybridized carbons (Fsp3) is 0.375. The largest absolute Gasteiger partial charge is 0.342 e. The summed E-state index contributed by atoms with van der Waals surface area (Å²) in [5, 5.41) is 0. The van der Waals surface area contributed by atoms with Crippen molar-refractivity contribution in [2.75, 3.05) is 26.2 Å². The number of fused-ring (bicyclic) bond motifs is 1. The number of hydrogen-bond acceptors (Lipinski definition) is 4. The molecule has 0 atom stereocenters. The fourth-order valence-corrected chi connectivity index (χ4v) is 2.58. The van der Waals surface area contributed by atoms with Crippen molar-refractivity contribution in [1.82, 2.24) is 19.8 Å². The predicted octanol–water partition coefficient (Wildman–Crippen LogP) is 1.16. The van der Waals surface area contributed by atoms with Gasteiger partial charge >= 0.3 is 0 Å². The lowest BCUT2D eigenvalue weighted by Gasteiger charge is -2.32. The molecule has 2 amide bonds. The monoisotopic (exact) mass is 298 g/mol. The van der Waals surface area contributed by atoms with Crippen LogP contribution in [-0.4, -0.2) is 58.3 Å². The third-order valence-corrected chi connectivity index (χ3v) is 4.07. The van der Waals surface area contributed by atoms with Crippen LogP contribution in [0.5, 0.6) is 0 Å². The topological polar surface area (TPSA) is 66.4 Å². The van der Waals surface area contributed by atoms with E-state index < -0.39 is 0 Å². The van der Waals surface area contributed by atoms with E-state index in [1.54, 1.807) is 21.9 Å². The van der Waals surface area contributed by atoms with Crippen LogP contribution >= 0.6 is 0 Å². The van der Waals surface area contributed by atoms with Crippen molar-refractivity contribution >= 4 is 23.4 Å². The normalized spacial score (nSPS) is 15.2. The molecule has 0 spiro atoms. The summed E-state index contributed by atoms with van der Waals surface area (Å²) >= 11 is 0. The maximum absolute atomic E-state index is 12.6. The Bertz CT molecular complexity index is 736. The number of hydrogen-bond donors (Lipinski definition) is 0. The zero-order valence-electron chi connectivity index (χ0n) is 12.7. The number of piperazine rings is 1. The summed E-state index contributed by atoms with van der Waals surface area (Å²) in [5.41, 5.74) is 3.92. The molecule has 1 aliphatic rings. The number of aromatic nitrogens is 2. The second-order valence-corrected chi connectivity index (χ2v) is 5.53. The first kappa shape index (κ1) is 14.4. The van der Waals surface area contributed by atoms with Gasteiger partial charge in [0.15, 0.2) is 0 Å². The third-order valence-electron chi connectivity index (χ3n) is 4.07. The van der Waals surface area contributed by atoms with Crippen molar-refractivity contribution in [2.45, 2.75) is 13.8 Å². The van der Waals surface area contributed by atoms with Crippen LogP contribution in [0, 0.1) is 13.8 Å². The van der Waals surface area contributed by atoms with Gasteiger partial charge < -0.3 is 9.80 Å². The maximum atomic E-state index is 12.6. The average molecular weight is 298 g/mol. The van der Waals surface area contributed by atoms with Gasteiger partial charge in [-0.15, -0.1) is 0 Å². The van der Waals surface area contributed by atoms with Crippen molar-refractivity contribution in [3.8, 4) is 0 Å². The van der Waals surface area contributed by atoms with Gasteiger partial charge in [0.05, 0.1) is 22.4 Å². The van der Waals surface area contributed by atoms with Crippen LogP contribution in [0.1, 0.15) is 21.7 Å². The second kappa shape index (κ2) is 5.71. The van der Waals surface area contributed by atoms with Crippen molar-refractivity contribution in [1.29, 1.82) is 0 Å². The molecule has 114 valence electrons. The summed E-state index contributed by atoms with van der Waals surface area (Å²) in [7, 11) is 0.